The number of benzene rings is 1. The number of ether oxygens (including phenoxy) is 2. The van der Waals surface area contributed by atoms with Crippen molar-refractivity contribution >= 4 is 29.9 Å². The number of nitrogens with zero attached hydrogens (tertiary/aromatic N) is 2. The molecule has 2 N–H and O–H groups in total. The summed E-state index contributed by atoms with van der Waals surface area (Å²) in [6.45, 7) is 4.93. The summed E-state index contributed by atoms with van der Waals surface area (Å²) >= 11 is 0. The number of aliphatic imine (C=N–C) groups is 1. The first-order valence-corrected chi connectivity index (χ1v) is 8.67. The number of halogens is 1. The molecule has 0 aliphatic carbocycles. The number of guanidine groups is 1. The number of nitrogens with one attached hydrogen (secondary N) is 2. The van der Waals surface area contributed by atoms with Gasteiger partial charge in [0.15, 0.2) is 5.96 Å². The highest BCUT2D eigenvalue weighted by molar-refractivity contribution is 14.0. The third-order valence-corrected chi connectivity index (χ3v) is 4.30. The minimum atomic E-state index is 0. The van der Waals surface area contributed by atoms with Crippen LogP contribution in [0.1, 0.15) is 29.7 Å². The molecule has 0 amide bonds. The number of aromatic nitrogens is 1. The van der Waals surface area contributed by atoms with Gasteiger partial charge in [-0.25, -0.2) is 0 Å². The van der Waals surface area contributed by atoms with E-state index in [1.807, 2.05) is 30.6 Å². The van der Waals surface area contributed by atoms with E-state index < -0.39 is 0 Å². The van der Waals surface area contributed by atoms with Gasteiger partial charge >= 0.3 is 0 Å². The molecule has 7 heteroatoms. The normalized spacial score (nSPS) is 12.0. The minimum absolute atomic E-state index is 0. The van der Waals surface area contributed by atoms with Crippen LogP contribution >= 0.6 is 24.0 Å². The predicted octanol–water partition coefficient (Wildman–Crippen LogP) is 3.49. The largest absolute Gasteiger partial charge is 0.497 e. The van der Waals surface area contributed by atoms with Crippen molar-refractivity contribution in [3.05, 3.63) is 53.3 Å². The van der Waals surface area contributed by atoms with Crippen LogP contribution in [0.3, 0.4) is 0 Å². The Bertz CT molecular complexity index is 753. The zero-order valence-corrected chi connectivity index (χ0v) is 18.9. The van der Waals surface area contributed by atoms with E-state index in [0.717, 1.165) is 36.0 Å². The summed E-state index contributed by atoms with van der Waals surface area (Å²) in [6.07, 6.45) is 4.62. The Kier molecular flexibility index (Phi) is 9.92. The van der Waals surface area contributed by atoms with Crippen molar-refractivity contribution in [2.75, 3.05) is 27.8 Å². The van der Waals surface area contributed by atoms with Gasteiger partial charge in [-0.2, -0.15) is 0 Å². The van der Waals surface area contributed by atoms with E-state index >= 15 is 0 Å². The Morgan fingerprint density at radius 1 is 1.22 bits per heavy atom. The second-order valence-electron chi connectivity index (χ2n) is 6.03. The van der Waals surface area contributed by atoms with E-state index in [9.17, 15) is 0 Å². The monoisotopic (exact) mass is 484 g/mol. The quantitative estimate of drug-likeness (QED) is 0.358. The summed E-state index contributed by atoms with van der Waals surface area (Å²) in [4.78, 5) is 8.44. The van der Waals surface area contributed by atoms with Crippen LogP contribution < -0.4 is 20.1 Å². The molecule has 0 radical (unpaired) electrons. The van der Waals surface area contributed by atoms with Crippen LogP contribution in [0.2, 0.25) is 0 Å². The van der Waals surface area contributed by atoms with E-state index in [0.29, 0.717) is 0 Å². The molecule has 148 valence electrons. The van der Waals surface area contributed by atoms with Crippen LogP contribution in [0.4, 0.5) is 0 Å². The van der Waals surface area contributed by atoms with Crippen molar-refractivity contribution in [1.82, 2.24) is 15.6 Å². The lowest BCUT2D eigenvalue weighted by atomic mass is 10.1. The van der Waals surface area contributed by atoms with E-state index in [-0.39, 0.29) is 30.0 Å². The molecule has 1 heterocycles. The van der Waals surface area contributed by atoms with Crippen LogP contribution in [0.15, 0.2) is 41.7 Å². The van der Waals surface area contributed by atoms with Crippen LogP contribution in [-0.2, 0) is 6.42 Å². The lowest BCUT2D eigenvalue weighted by Gasteiger charge is -2.21. The van der Waals surface area contributed by atoms with Crippen LogP contribution in [0.25, 0.3) is 0 Å². The molecule has 1 aromatic heterocycles. The van der Waals surface area contributed by atoms with Gasteiger partial charge in [-0.1, -0.05) is 0 Å². The van der Waals surface area contributed by atoms with Crippen molar-refractivity contribution in [2.45, 2.75) is 26.3 Å². The van der Waals surface area contributed by atoms with Gasteiger partial charge in [0.1, 0.15) is 11.5 Å². The summed E-state index contributed by atoms with van der Waals surface area (Å²) in [5, 5.41) is 6.76. The highest BCUT2D eigenvalue weighted by Gasteiger charge is 2.14. The van der Waals surface area contributed by atoms with Crippen molar-refractivity contribution in [3.63, 3.8) is 0 Å². The SMILES string of the molecule is CN=C(NCCc1ccncc1C)NC(C)c1cc(OC)ccc1OC.I. The van der Waals surface area contributed by atoms with Crippen LogP contribution in [-0.4, -0.2) is 38.8 Å². The lowest BCUT2D eigenvalue weighted by molar-refractivity contribution is 0.394. The molecule has 0 bridgehead atoms. The lowest BCUT2D eigenvalue weighted by Crippen LogP contribution is -2.39. The number of pyridine rings is 1. The predicted molar refractivity (Wildman–Crippen MR) is 121 cm³/mol. The summed E-state index contributed by atoms with van der Waals surface area (Å²) in [6, 6.07) is 7.84. The molecule has 27 heavy (non-hydrogen) atoms. The number of hydrogen-bond donors (Lipinski definition) is 2. The Labute approximate surface area is 178 Å². The Morgan fingerprint density at radius 3 is 2.63 bits per heavy atom. The molecule has 1 aromatic carbocycles. The molecule has 2 rings (SSSR count). The fourth-order valence-electron chi connectivity index (χ4n) is 2.75. The second kappa shape index (κ2) is 11.6. The van der Waals surface area contributed by atoms with Crippen LogP contribution in [0, 0.1) is 6.92 Å². The van der Waals surface area contributed by atoms with Gasteiger partial charge < -0.3 is 20.1 Å². The van der Waals surface area contributed by atoms with Crippen LogP contribution in [0.5, 0.6) is 11.5 Å². The molecule has 1 unspecified atom stereocenters. The van der Waals surface area contributed by atoms with E-state index in [4.69, 9.17) is 9.47 Å². The average Bonchev–Trinajstić information content (AvgIpc) is 2.67. The van der Waals surface area contributed by atoms with Gasteiger partial charge in [-0.15, -0.1) is 24.0 Å². The highest BCUT2D eigenvalue weighted by Crippen LogP contribution is 2.29. The maximum atomic E-state index is 5.47. The maximum absolute atomic E-state index is 5.47. The van der Waals surface area contributed by atoms with Gasteiger partial charge in [0, 0.05) is 31.5 Å². The standard InChI is InChI=1S/C20H28N4O2.HI/c1-14-13-22-10-8-16(14)9-11-23-20(21-3)24-15(2)18-12-17(25-4)6-7-19(18)26-5;/h6-8,10,12-13,15H,9,11H2,1-5H3,(H2,21,23,24);1H. The molecular weight excluding hydrogens is 455 g/mol. The zero-order valence-electron chi connectivity index (χ0n) is 16.6. The first-order chi connectivity index (χ1) is 12.6. The average molecular weight is 484 g/mol. The van der Waals surface area contributed by atoms with Gasteiger partial charge in [-0.05, 0) is 55.7 Å². The van der Waals surface area contributed by atoms with Crippen molar-refractivity contribution < 1.29 is 9.47 Å². The third kappa shape index (κ3) is 6.57. The van der Waals surface area contributed by atoms with Gasteiger partial charge in [-0.3, -0.25) is 9.98 Å². The van der Waals surface area contributed by atoms with E-state index in [1.54, 1.807) is 21.3 Å². The Hall–Kier alpha value is -2.03. The summed E-state index contributed by atoms with van der Waals surface area (Å²) in [7, 11) is 5.09. The smallest absolute Gasteiger partial charge is 0.191 e. The number of aryl methyl sites for hydroxylation is 1. The molecule has 0 saturated heterocycles. The number of rotatable bonds is 7. The molecule has 0 aliphatic rings. The highest BCUT2D eigenvalue weighted by atomic mass is 127. The van der Waals surface area contributed by atoms with E-state index in [1.165, 1.54) is 11.1 Å². The third-order valence-electron chi connectivity index (χ3n) is 4.30. The molecule has 1 atom stereocenters. The fraction of sp³-hybridized carbons (Fsp3) is 0.400. The summed E-state index contributed by atoms with van der Waals surface area (Å²) in [5.41, 5.74) is 3.50. The zero-order chi connectivity index (χ0) is 18.9. The molecule has 0 saturated carbocycles. The molecule has 2 aromatic rings. The number of methoxy groups -OCH3 is 2. The molecule has 0 fully saturated rings. The van der Waals surface area contributed by atoms with Gasteiger partial charge in [0.05, 0.1) is 20.3 Å². The topological polar surface area (TPSA) is 67.8 Å². The fourth-order valence-corrected chi connectivity index (χ4v) is 2.75. The first-order valence-electron chi connectivity index (χ1n) is 8.67. The molecule has 0 aliphatic heterocycles. The van der Waals surface area contributed by atoms with E-state index in [2.05, 4.69) is 40.5 Å². The minimum Gasteiger partial charge on any atom is -0.497 e. The molecule has 0 spiro atoms. The van der Waals surface area contributed by atoms with Gasteiger partial charge in [0.2, 0.25) is 0 Å². The summed E-state index contributed by atoms with van der Waals surface area (Å²) in [5.74, 6) is 2.35. The van der Waals surface area contributed by atoms with Crippen molar-refractivity contribution in [2.24, 2.45) is 4.99 Å². The van der Waals surface area contributed by atoms with Crippen molar-refractivity contribution in [3.8, 4) is 11.5 Å². The Morgan fingerprint density at radius 2 is 2.00 bits per heavy atom. The maximum Gasteiger partial charge on any atom is 0.191 e. The Balaban J connectivity index is 0.00000364. The first kappa shape index (κ1) is 23.0. The molecular formula is C20H29IN4O2. The second-order valence-corrected chi connectivity index (χ2v) is 6.03. The van der Waals surface area contributed by atoms with Crippen molar-refractivity contribution in [1.29, 1.82) is 0 Å². The van der Waals surface area contributed by atoms with Gasteiger partial charge in [0.25, 0.3) is 0 Å². The summed E-state index contributed by atoms with van der Waals surface area (Å²) < 4.78 is 10.8. The number of hydrogen-bond acceptors (Lipinski definition) is 4. The molecule has 6 nitrogen and oxygen atoms in total.